The molecule has 202 valence electrons. The molecule has 0 N–H and O–H groups in total. The summed E-state index contributed by atoms with van der Waals surface area (Å²) in [6.07, 6.45) is 1.17. The molecule has 0 radical (unpaired) electrons. The molecule has 0 saturated heterocycles. The van der Waals surface area contributed by atoms with Crippen molar-refractivity contribution >= 4 is 23.7 Å². The molecule has 0 bridgehead atoms. The molecule has 8 nitrogen and oxygen atoms in total. The number of benzene rings is 3. The van der Waals surface area contributed by atoms with Crippen molar-refractivity contribution in [1.82, 2.24) is 0 Å². The molecule has 0 aliphatic carbocycles. The van der Waals surface area contributed by atoms with Crippen molar-refractivity contribution in [2.24, 2.45) is 0 Å². The second-order valence-corrected chi connectivity index (χ2v) is 9.43. The fraction of sp³-hybridized carbons (Fsp3) is 0.290. The van der Waals surface area contributed by atoms with Crippen molar-refractivity contribution in [2.45, 2.75) is 60.0 Å². The maximum Gasteiger partial charge on any atom is 0.340 e. The summed E-state index contributed by atoms with van der Waals surface area (Å²) < 4.78 is 23.4. The number of ether oxygens (including phenoxy) is 4. The first kappa shape index (κ1) is 27.6. The Morgan fingerprint density at radius 2 is 1.21 bits per heavy atom. The Morgan fingerprint density at radius 3 is 1.64 bits per heavy atom. The van der Waals surface area contributed by atoms with Crippen LogP contribution < -0.4 is 14.2 Å². The van der Waals surface area contributed by atoms with Gasteiger partial charge in [0.1, 0.15) is 28.8 Å². The molecule has 3 aromatic rings. The highest BCUT2D eigenvalue weighted by molar-refractivity contribution is 5.97. The molecule has 0 atom stereocenters. The summed E-state index contributed by atoms with van der Waals surface area (Å²) in [6, 6.07) is 14.3. The molecule has 1 spiro atoms. The van der Waals surface area contributed by atoms with Crippen LogP contribution in [-0.2, 0) is 37.6 Å². The summed E-state index contributed by atoms with van der Waals surface area (Å²) in [7, 11) is 0. The molecule has 5 rings (SSSR count). The van der Waals surface area contributed by atoms with E-state index in [0.29, 0.717) is 58.1 Å². The number of carbonyl (C=O) groups excluding carboxylic acids is 4. The lowest BCUT2D eigenvalue weighted by Gasteiger charge is -2.37. The molecule has 3 aromatic carbocycles. The lowest BCUT2D eigenvalue weighted by atomic mass is 9.76. The van der Waals surface area contributed by atoms with Crippen LogP contribution in [0.1, 0.15) is 79.7 Å². The molecular formula is C31H30O8. The molecule has 2 heterocycles. The molecule has 0 fully saturated rings. The van der Waals surface area contributed by atoms with Gasteiger partial charge in [-0.3, -0.25) is 9.59 Å². The fourth-order valence-corrected chi connectivity index (χ4v) is 4.86. The average molecular weight is 531 g/mol. The number of esters is 3. The molecule has 39 heavy (non-hydrogen) atoms. The molecule has 0 unspecified atom stereocenters. The van der Waals surface area contributed by atoms with Crippen LogP contribution in [0.15, 0.2) is 48.5 Å². The third-order valence-corrected chi connectivity index (χ3v) is 6.35. The average Bonchev–Trinajstić information content (AvgIpc) is 3.15. The van der Waals surface area contributed by atoms with Crippen molar-refractivity contribution in [3.8, 4) is 23.0 Å². The Morgan fingerprint density at radius 1 is 0.744 bits per heavy atom. The Labute approximate surface area is 226 Å². The number of rotatable bonds is 4. The van der Waals surface area contributed by atoms with Crippen LogP contribution in [0.4, 0.5) is 0 Å². The van der Waals surface area contributed by atoms with Crippen LogP contribution in [0.2, 0.25) is 0 Å². The van der Waals surface area contributed by atoms with Crippen LogP contribution in [-0.4, -0.2) is 23.7 Å². The van der Waals surface area contributed by atoms with Gasteiger partial charge in [0.05, 0.1) is 5.56 Å². The number of ketones is 1. The highest BCUT2D eigenvalue weighted by Crippen LogP contribution is 2.58. The SMILES string of the molecule is CC(C)=O.CCc1cc2c(cc1OC(C)=O)Oc1cc(OC(C)=O)c(CC)cc1C21OC(=O)c2ccccc21. The summed E-state index contributed by atoms with van der Waals surface area (Å²) in [5.74, 6) is 0.340. The van der Waals surface area contributed by atoms with E-state index in [0.717, 1.165) is 11.1 Å². The van der Waals surface area contributed by atoms with Gasteiger partial charge in [0.25, 0.3) is 0 Å². The van der Waals surface area contributed by atoms with Gasteiger partial charge in [-0.15, -0.1) is 0 Å². The van der Waals surface area contributed by atoms with Gasteiger partial charge in [0.15, 0.2) is 5.60 Å². The Kier molecular flexibility index (Phi) is 7.58. The van der Waals surface area contributed by atoms with Gasteiger partial charge >= 0.3 is 17.9 Å². The van der Waals surface area contributed by atoms with Crippen LogP contribution in [0.3, 0.4) is 0 Å². The van der Waals surface area contributed by atoms with E-state index >= 15 is 0 Å². The Balaban J connectivity index is 0.000000826. The minimum absolute atomic E-state index is 0.167. The van der Waals surface area contributed by atoms with Crippen LogP contribution in [0, 0.1) is 0 Å². The van der Waals surface area contributed by atoms with Crippen LogP contribution >= 0.6 is 0 Å². The monoisotopic (exact) mass is 530 g/mol. The van der Waals surface area contributed by atoms with Crippen molar-refractivity contribution < 1.29 is 38.1 Å². The van der Waals surface area contributed by atoms with Gasteiger partial charge in [-0.1, -0.05) is 32.0 Å². The van der Waals surface area contributed by atoms with Gasteiger partial charge in [-0.05, 0) is 56.0 Å². The van der Waals surface area contributed by atoms with Crippen LogP contribution in [0.5, 0.6) is 23.0 Å². The van der Waals surface area contributed by atoms with E-state index in [9.17, 15) is 19.2 Å². The molecule has 2 aliphatic rings. The molecule has 0 amide bonds. The smallest absolute Gasteiger partial charge is 0.340 e. The van der Waals surface area contributed by atoms with E-state index in [1.165, 1.54) is 27.7 Å². The summed E-state index contributed by atoms with van der Waals surface area (Å²) in [5, 5.41) is 0. The highest BCUT2D eigenvalue weighted by Gasteiger charge is 2.54. The zero-order valence-electron chi connectivity index (χ0n) is 22.8. The molecule has 0 aromatic heterocycles. The molecule has 0 saturated carbocycles. The van der Waals surface area contributed by atoms with Crippen molar-refractivity contribution in [3.63, 3.8) is 0 Å². The van der Waals surface area contributed by atoms with Crippen LogP contribution in [0.25, 0.3) is 0 Å². The summed E-state index contributed by atoms with van der Waals surface area (Å²) in [5.41, 5.74) is 2.72. The first-order valence-electron chi connectivity index (χ1n) is 12.7. The molecular weight excluding hydrogens is 500 g/mol. The predicted molar refractivity (Wildman–Crippen MR) is 142 cm³/mol. The summed E-state index contributed by atoms with van der Waals surface area (Å²) >= 11 is 0. The number of hydrogen-bond acceptors (Lipinski definition) is 8. The van der Waals surface area contributed by atoms with Gasteiger partial charge in [0, 0.05) is 42.7 Å². The number of hydrogen-bond donors (Lipinski definition) is 0. The summed E-state index contributed by atoms with van der Waals surface area (Å²) in [4.78, 5) is 46.0. The minimum Gasteiger partial charge on any atom is -0.456 e. The van der Waals surface area contributed by atoms with Gasteiger partial charge in [-0.25, -0.2) is 4.79 Å². The minimum atomic E-state index is -1.27. The van der Waals surface area contributed by atoms with Crippen molar-refractivity contribution in [1.29, 1.82) is 0 Å². The molecule has 2 aliphatic heterocycles. The quantitative estimate of drug-likeness (QED) is 0.307. The number of carbonyl (C=O) groups is 4. The Bertz CT molecular complexity index is 1420. The second kappa shape index (κ2) is 10.7. The summed E-state index contributed by atoms with van der Waals surface area (Å²) in [6.45, 7) is 9.63. The van der Waals surface area contributed by atoms with Crippen molar-refractivity contribution in [2.75, 3.05) is 0 Å². The van der Waals surface area contributed by atoms with Gasteiger partial charge < -0.3 is 23.7 Å². The van der Waals surface area contributed by atoms with E-state index < -0.39 is 23.5 Å². The standard InChI is InChI=1S/C28H24O7.C3H6O/c1-5-17-11-21-25(13-23(17)32-15(3)29)34-26-14-24(33-16(4)30)18(6-2)12-22(26)28(21)20-10-8-7-9-19(20)27(31)35-28;1-3(2)4/h7-14H,5-6H2,1-4H3;1-2H3. The first-order valence-corrected chi connectivity index (χ1v) is 12.7. The predicted octanol–water partition coefficient (Wildman–Crippen LogP) is 5.83. The third kappa shape index (κ3) is 5.02. The number of fused-ring (bicyclic) bond motifs is 6. The Hall–Kier alpha value is -4.46. The van der Waals surface area contributed by atoms with E-state index in [1.54, 1.807) is 24.3 Å². The number of Topliss-reactive ketones (excluding diaryl/α,β-unsaturated/α-hetero) is 1. The molecule has 8 heteroatoms. The normalized spacial score (nSPS) is 13.5. The maximum atomic E-state index is 13.1. The third-order valence-electron chi connectivity index (χ3n) is 6.35. The van der Waals surface area contributed by atoms with E-state index in [2.05, 4.69) is 0 Å². The number of aryl methyl sites for hydroxylation is 2. The second-order valence-electron chi connectivity index (χ2n) is 9.43. The highest BCUT2D eigenvalue weighted by atomic mass is 16.6. The zero-order chi connectivity index (χ0) is 28.5. The van der Waals surface area contributed by atoms with Gasteiger partial charge in [-0.2, -0.15) is 0 Å². The first-order chi connectivity index (χ1) is 18.5. The van der Waals surface area contributed by atoms with E-state index in [1.807, 2.05) is 38.1 Å². The fourth-order valence-electron chi connectivity index (χ4n) is 4.86. The van der Waals surface area contributed by atoms with Crippen molar-refractivity contribution in [3.05, 3.63) is 81.9 Å². The topological polar surface area (TPSA) is 105 Å². The lowest BCUT2D eigenvalue weighted by molar-refractivity contribution is -0.132. The van der Waals surface area contributed by atoms with E-state index in [-0.39, 0.29) is 5.78 Å². The largest absolute Gasteiger partial charge is 0.456 e. The van der Waals surface area contributed by atoms with E-state index in [4.69, 9.17) is 18.9 Å². The maximum absolute atomic E-state index is 13.1. The lowest BCUT2D eigenvalue weighted by Crippen LogP contribution is -2.33. The zero-order valence-corrected chi connectivity index (χ0v) is 22.8. The van der Waals surface area contributed by atoms with Gasteiger partial charge in [0.2, 0.25) is 0 Å².